The minimum atomic E-state index is -5.81. The average Bonchev–Trinajstić information content (AvgIpc) is 2.57. The third-order valence-electron chi connectivity index (χ3n) is 4.15. The number of anilines is 2. The molecule has 0 saturated carbocycles. The van der Waals surface area contributed by atoms with Gasteiger partial charge in [-0.3, -0.25) is 0 Å². The Kier molecular flexibility index (Phi) is 6.08. The molecule has 0 aliphatic heterocycles. The molecule has 2 rings (SSSR count). The van der Waals surface area contributed by atoms with E-state index in [9.17, 15) is 61.1 Å². The first-order chi connectivity index (χ1) is 14.5. The lowest BCUT2D eigenvalue weighted by Crippen LogP contribution is -2.19. The molecule has 0 spiro atoms. The smallest absolute Gasteiger partial charge is 0.398 e. The van der Waals surface area contributed by atoms with Gasteiger partial charge in [0.05, 0.1) is 43.4 Å². The molecule has 0 heterocycles. The van der Waals surface area contributed by atoms with Crippen LogP contribution in [0, 0.1) is 0 Å². The van der Waals surface area contributed by atoms with E-state index in [1.165, 1.54) is 0 Å². The third-order valence-corrected chi connectivity index (χ3v) is 5.86. The standard InChI is InChI=1S/C16H8F12N2O2S/c17-13(18,19)7-1-5(2-8(11(7)29)14(20,21)22)33(31,32)6-3-9(15(23,24)25)12(30)10(4-6)16(26,27)28/h1-4H,29-30H2. The van der Waals surface area contributed by atoms with E-state index in [1.54, 1.807) is 0 Å². The molecule has 2 aromatic carbocycles. The van der Waals surface area contributed by atoms with Crippen molar-refractivity contribution >= 4 is 21.2 Å². The summed E-state index contributed by atoms with van der Waals surface area (Å²) < 4.78 is 183. The molecule has 0 atom stereocenters. The largest absolute Gasteiger partial charge is 0.418 e. The molecule has 0 aliphatic carbocycles. The van der Waals surface area contributed by atoms with E-state index >= 15 is 0 Å². The molecule has 4 nitrogen and oxygen atoms in total. The third kappa shape index (κ3) is 5.06. The van der Waals surface area contributed by atoms with E-state index in [0.717, 1.165) is 0 Å². The van der Waals surface area contributed by atoms with Crippen molar-refractivity contribution in [3.05, 3.63) is 46.5 Å². The SMILES string of the molecule is Nc1c(C(F)(F)F)cc(S(=O)(=O)c2cc(C(F)(F)F)c(N)c(C(F)(F)F)c2)cc1C(F)(F)F. The second kappa shape index (κ2) is 7.59. The van der Waals surface area contributed by atoms with Crippen molar-refractivity contribution in [1.82, 2.24) is 0 Å². The molecule has 0 aromatic heterocycles. The Bertz CT molecular complexity index is 1030. The molecule has 184 valence electrons. The number of rotatable bonds is 2. The molecule has 0 fully saturated rings. The first kappa shape index (κ1) is 26.4. The van der Waals surface area contributed by atoms with Crippen LogP contribution in [-0.2, 0) is 34.5 Å². The number of hydrogen-bond acceptors (Lipinski definition) is 4. The highest BCUT2D eigenvalue weighted by Crippen LogP contribution is 2.46. The van der Waals surface area contributed by atoms with Crippen LogP contribution in [0.4, 0.5) is 64.1 Å². The van der Waals surface area contributed by atoms with Gasteiger partial charge in [0, 0.05) is 0 Å². The monoisotopic (exact) mass is 520 g/mol. The molecular formula is C16H8F12N2O2S. The number of hydrogen-bond donors (Lipinski definition) is 2. The summed E-state index contributed by atoms with van der Waals surface area (Å²) in [6, 6.07) is -1.73. The Morgan fingerprint density at radius 2 is 0.667 bits per heavy atom. The van der Waals surface area contributed by atoms with Crippen LogP contribution < -0.4 is 11.5 Å². The fourth-order valence-corrected chi connectivity index (χ4v) is 4.00. The number of nitrogens with two attached hydrogens (primary N) is 2. The molecule has 0 aliphatic rings. The van der Waals surface area contributed by atoms with E-state index in [-0.39, 0.29) is 0 Å². The van der Waals surface area contributed by atoms with E-state index in [0.29, 0.717) is 0 Å². The van der Waals surface area contributed by atoms with Crippen LogP contribution in [0.5, 0.6) is 0 Å². The summed E-state index contributed by atoms with van der Waals surface area (Å²) in [4.78, 5) is -3.80. The van der Waals surface area contributed by atoms with Gasteiger partial charge >= 0.3 is 24.7 Å². The fraction of sp³-hybridized carbons (Fsp3) is 0.250. The molecule has 0 amide bonds. The van der Waals surface area contributed by atoms with Gasteiger partial charge in [0.1, 0.15) is 0 Å². The molecular weight excluding hydrogens is 512 g/mol. The van der Waals surface area contributed by atoms with Crippen molar-refractivity contribution in [1.29, 1.82) is 0 Å². The zero-order chi connectivity index (χ0) is 25.9. The average molecular weight is 520 g/mol. The fourth-order valence-electron chi connectivity index (χ4n) is 2.64. The van der Waals surface area contributed by atoms with Gasteiger partial charge in [0.25, 0.3) is 0 Å². The van der Waals surface area contributed by atoms with Crippen LogP contribution in [0.25, 0.3) is 0 Å². The van der Waals surface area contributed by atoms with E-state index in [4.69, 9.17) is 11.5 Å². The van der Waals surface area contributed by atoms with Crippen LogP contribution in [-0.4, -0.2) is 8.42 Å². The van der Waals surface area contributed by atoms with Crippen molar-refractivity contribution in [3.8, 4) is 0 Å². The lowest BCUT2D eigenvalue weighted by Gasteiger charge is -2.20. The number of halogens is 12. The van der Waals surface area contributed by atoms with Crippen molar-refractivity contribution in [2.75, 3.05) is 11.5 Å². The maximum Gasteiger partial charge on any atom is 0.418 e. The van der Waals surface area contributed by atoms with Gasteiger partial charge < -0.3 is 11.5 Å². The zero-order valence-electron chi connectivity index (χ0n) is 15.2. The van der Waals surface area contributed by atoms with Gasteiger partial charge in [-0.05, 0) is 24.3 Å². The van der Waals surface area contributed by atoms with Gasteiger partial charge in [-0.25, -0.2) is 8.42 Å². The quantitative estimate of drug-likeness (QED) is 0.390. The predicted molar refractivity (Wildman–Crippen MR) is 87.2 cm³/mol. The number of sulfone groups is 1. The molecule has 33 heavy (non-hydrogen) atoms. The molecule has 4 N–H and O–H groups in total. The summed E-state index contributed by atoms with van der Waals surface area (Å²) in [7, 11) is -5.81. The molecule has 0 radical (unpaired) electrons. The van der Waals surface area contributed by atoms with Crippen molar-refractivity contribution in [2.24, 2.45) is 0 Å². The van der Waals surface area contributed by atoms with Gasteiger partial charge in [0.15, 0.2) is 0 Å². The van der Waals surface area contributed by atoms with Gasteiger partial charge in [-0.15, -0.1) is 0 Å². The lowest BCUT2D eigenvalue weighted by molar-refractivity contribution is -0.143. The van der Waals surface area contributed by atoms with Crippen molar-refractivity contribution < 1.29 is 61.1 Å². The highest BCUT2D eigenvalue weighted by molar-refractivity contribution is 7.91. The minimum Gasteiger partial charge on any atom is -0.398 e. The summed E-state index contributed by atoms with van der Waals surface area (Å²) in [5, 5.41) is 0. The summed E-state index contributed by atoms with van der Waals surface area (Å²) in [5.41, 5.74) is -3.50. The van der Waals surface area contributed by atoms with Crippen molar-refractivity contribution in [3.63, 3.8) is 0 Å². The maximum atomic E-state index is 13.1. The number of alkyl halides is 12. The van der Waals surface area contributed by atoms with E-state index < -0.39 is 102 Å². The Morgan fingerprint density at radius 3 is 0.818 bits per heavy atom. The van der Waals surface area contributed by atoms with Crippen LogP contribution in [0.3, 0.4) is 0 Å². The summed E-state index contributed by atoms with van der Waals surface area (Å²) >= 11 is 0. The minimum absolute atomic E-state index is 0.434. The van der Waals surface area contributed by atoms with Crippen molar-refractivity contribution in [2.45, 2.75) is 34.5 Å². The normalized spacial score (nSPS) is 13.9. The Hall–Kier alpha value is -2.85. The lowest BCUT2D eigenvalue weighted by atomic mass is 10.1. The summed E-state index contributed by atoms with van der Waals surface area (Å²) in [6.45, 7) is 0. The first-order valence-corrected chi connectivity index (χ1v) is 9.38. The first-order valence-electron chi connectivity index (χ1n) is 7.90. The van der Waals surface area contributed by atoms with Crippen LogP contribution in [0.15, 0.2) is 34.1 Å². The highest BCUT2D eigenvalue weighted by atomic mass is 32.2. The topological polar surface area (TPSA) is 86.2 Å². The van der Waals surface area contributed by atoms with Crippen LogP contribution in [0.1, 0.15) is 22.3 Å². The highest BCUT2D eigenvalue weighted by Gasteiger charge is 2.44. The molecule has 0 unspecified atom stereocenters. The predicted octanol–water partition coefficient (Wildman–Crippen LogP) is 5.76. The van der Waals surface area contributed by atoms with Crippen LogP contribution in [0.2, 0.25) is 0 Å². The molecule has 2 aromatic rings. The zero-order valence-corrected chi connectivity index (χ0v) is 16.0. The Labute approximate surface area is 175 Å². The number of nitrogen functional groups attached to an aromatic ring is 2. The van der Waals surface area contributed by atoms with Gasteiger partial charge in [0.2, 0.25) is 9.84 Å². The van der Waals surface area contributed by atoms with Gasteiger partial charge in [-0.2, -0.15) is 52.7 Å². The second-order valence-electron chi connectivity index (χ2n) is 6.36. The summed E-state index contributed by atoms with van der Waals surface area (Å²) in [5.74, 6) is 0. The van der Waals surface area contributed by atoms with E-state index in [2.05, 4.69) is 0 Å². The summed E-state index contributed by atoms with van der Waals surface area (Å²) in [6.07, 6.45) is -22.6. The van der Waals surface area contributed by atoms with E-state index in [1.807, 2.05) is 0 Å². The number of benzene rings is 2. The second-order valence-corrected chi connectivity index (χ2v) is 8.31. The molecule has 0 bridgehead atoms. The maximum absolute atomic E-state index is 13.1. The van der Waals surface area contributed by atoms with Crippen LogP contribution >= 0.6 is 0 Å². The Morgan fingerprint density at radius 1 is 0.485 bits per heavy atom. The molecule has 0 saturated heterocycles. The Balaban J connectivity index is 2.99. The van der Waals surface area contributed by atoms with Gasteiger partial charge in [-0.1, -0.05) is 0 Å². The molecule has 17 heteroatoms.